The van der Waals surface area contributed by atoms with E-state index in [0.29, 0.717) is 35.7 Å². The van der Waals surface area contributed by atoms with Gasteiger partial charge in [-0.2, -0.15) is 0 Å². The third-order valence-corrected chi connectivity index (χ3v) is 6.23. The quantitative estimate of drug-likeness (QED) is 0.591. The number of nitrogens with one attached hydrogen (secondary N) is 1. The average Bonchev–Trinajstić information content (AvgIpc) is 3.08. The van der Waals surface area contributed by atoms with Crippen molar-refractivity contribution in [3.05, 3.63) is 65.2 Å². The van der Waals surface area contributed by atoms with Crippen molar-refractivity contribution in [2.45, 2.75) is 52.1 Å². The topological polar surface area (TPSA) is 69.7 Å². The number of anilines is 1. The maximum atomic E-state index is 13.3. The lowest BCUT2D eigenvalue weighted by molar-refractivity contribution is -0.121. The van der Waals surface area contributed by atoms with E-state index < -0.39 is 6.17 Å². The van der Waals surface area contributed by atoms with Crippen LogP contribution >= 0.6 is 0 Å². The molecule has 1 atom stereocenters. The Balaban J connectivity index is 1.41. The van der Waals surface area contributed by atoms with E-state index in [4.69, 9.17) is 0 Å². The van der Waals surface area contributed by atoms with Gasteiger partial charge >= 0.3 is 0 Å². The van der Waals surface area contributed by atoms with Crippen LogP contribution in [0.25, 0.3) is 0 Å². The van der Waals surface area contributed by atoms with Gasteiger partial charge in [0, 0.05) is 30.6 Å². The van der Waals surface area contributed by atoms with E-state index in [0.717, 1.165) is 37.8 Å². The molecule has 32 heavy (non-hydrogen) atoms. The first-order chi connectivity index (χ1) is 15.5. The molecule has 4 rings (SSSR count). The molecule has 0 aliphatic carbocycles. The van der Waals surface area contributed by atoms with Gasteiger partial charge < -0.3 is 10.2 Å². The zero-order chi connectivity index (χ0) is 22.7. The second-order valence-corrected chi connectivity index (χ2v) is 8.99. The molecule has 2 heterocycles. The van der Waals surface area contributed by atoms with Crippen LogP contribution in [-0.4, -0.2) is 35.7 Å². The van der Waals surface area contributed by atoms with Gasteiger partial charge in [0.25, 0.3) is 11.8 Å². The Bertz CT molecular complexity index is 1020. The van der Waals surface area contributed by atoms with E-state index in [1.54, 1.807) is 11.0 Å². The summed E-state index contributed by atoms with van der Waals surface area (Å²) in [5.74, 6) is 0.566. The molecule has 6 nitrogen and oxygen atoms in total. The summed E-state index contributed by atoms with van der Waals surface area (Å²) in [5, 5.41) is 2.97. The standard InChI is InChI=1S/C26H31N3O3/c1-18(2)15-16-27-23(30)14-4-3-9-17-28-24-19-10-5-6-11-20(19)26(32)29(24)22-13-8-7-12-21(22)25(28)31/h5-8,10-13,18,24H,3-4,9,14-17H2,1-2H3,(H,27,30)/t24-/m1/s1. The monoisotopic (exact) mass is 433 g/mol. The minimum absolute atomic E-state index is 0.0437. The van der Waals surface area contributed by atoms with E-state index in [1.165, 1.54) is 0 Å². The predicted octanol–water partition coefficient (Wildman–Crippen LogP) is 4.52. The molecular formula is C26H31N3O3. The first kappa shape index (κ1) is 22.1. The van der Waals surface area contributed by atoms with Crippen LogP contribution in [0.2, 0.25) is 0 Å². The number of carbonyl (C=O) groups excluding carboxylic acids is 3. The highest BCUT2D eigenvalue weighted by Gasteiger charge is 2.47. The number of hydrogen-bond donors (Lipinski definition) is 1. The number of rotatable bonds is 9. The predicted molar refractivity (Wildman–Crippen MR) is 124 cm³/mol. The van der Waals surface area contributed by atoms with Gasteiger partial charge in [-0.15, -0.1) is 0 Å². The van der Waals surface area contributed by atoms with Crippen LogP contribution in [0.15, 0.2) is 48.5 Å². The van der Waals surface area contributed by atoms with Crippen LogP contribution in [0.3, 0.4) is 0 Å². The Morgan fingerprint density at radius 3 is 2.44 bits per heavy atom. The summed E-state index contributed by atoms with van der Waals surface area (Å²) in [6, 6.07) is 14.9. The number of amides is 3. The molecule has 2 aromatic rings. The van der Waals surface area contributed by atoms with Gasteiger partial charge in [-0.3, -0.25) is 19.3 Å². The van der Waals surface area contributed by atoms with Crippen LogP contribution in [0, 0.1) is 5.92 Å². The van der Waals surface area contributed by atoms with Gasteiger partial charge in [0.1, 0.15) is 6.17 Å². The first-order valence-corrected chi connectivity index (χ1v) is 11.6. The highest BCUT2D eigenvalue weighted by molar-refractivity contribution is 6.16. The number of para-hydroxylation sites is 1. The molecule has 2 aromatic carbocycles. The Kier molecular flexibility index (Phi) is 6.58. The second kappa shape index (κ2) is 9.55. The van der Waals surface area contributed by atoms with Crippen LogP contribution in [0.5, 0.6) is 0 Å². The summed E-state index contributed by atoms with van der Waals surface area (Å²) >= 11 is 0. The maximum absolute atomic E-state index is 13.3. The number of fused-ring (bicyclic) bond motifs is 5. The summed E-state index contributed by atoms with van der Waals surface area (Å²) in [5.41, 5.74) is 2.78. The fourth-order valence-electron chi connectivity index (χ4n) is 4.53. The molecule has 168 valence electrons. The SMILES string of the molecule is CC(C)CCNC(=O)CCCCCN1C(=O)c2ccccc2N2C(=O)c3ccccc3[C@H]12. The molecule has 0 aromatic heterocycles. The van der Waals surface area contributed by atoms with Crippen LogP contribution in [-0.2, 0) is 4.79 Å². The van der Waals surface area contributed by atoms with Gasteiger partial charge in [0.2, 0.25) is 5.91 Å². The van der Waals surface area contributed by atoms with Crippen molar-refractivity contribution in [2.24, 2.45) is 5.92 Å². The fraction of sp³-hybridized carbons (Fsp3) is 0.423. The van der Waals surface area contributed by atoms with E-state index in [2.05, 4.69) is 19.2 Å². The number of carbonyl (C=O) groups is 3. The van der Waals surface area contributed by atoms with E-state index >= 15 is 0 Å². The maximum Gasteiger partial charge on any atom is 0.260 e. The molecule has 0 radical (unpaired) electrons. The normalized spacial score (nSPS) is 16.8. The van der Waals surface area contributed by atoms with Gasteiger partial charge in [0.05, 0.1) is 11.3 Å². The molecule has 0 unspecified atom stereocenters. The molecule has 1 N–H and O–H groups in total. The first-order valence-electron chi connectivity index (χ1n) is 11.6. The second-order valence-electron chi connectivity index (χ2n) is 8.99. The third-order valence-electron chi connectivity index (χ3n) is 6.23. The molecule has 0 saturated carbocycles. The van der Waals surface area contributed by atoms with Gasteiger partial charge in [-0.1, -0.05) is 50.6 Å². The minimum atomic E-state index is -0.402. The number of nitrogens with zero attached hydrogens (tertiary/aromatic N) is 2. The van der Waals surface area contributed by atoms with Crippen LogP contribution < -0.4 is 10.2 Å². The highest BCUT2D eigenvalue weighted by atomic mass is 16.2. The Morgan fingerprint density at radius 1 is 0.938 bits per heavy atom. The van der Waals surface area contributed by atoms with Crippen molar-refractivity contribution in [2.75, 3.05) is 18.0 Å². The Hall–Kier alpha value is -3.15. The summed E-state index contributed by atoms with van der Waals surface area (Å²) in [7, 11) is 0. The fourth-order valence-corrected chi connectivity index (χ4v) is 4.53. The molecule has 3 amide bonds. The van der Waals surface area contributed by atoms with Crippen molar-refractivity contribution in [1.29, 1.82) is 0 Å². The van der Waals surface area contributed by atoms with Crippen molar-refractivity contribution in [3.63, 3.8) is 0 Å². The summed E-state index contributed by atoms with van der Waals surface area (Å²) in [6.45, 7) is 5.56. The van der Waals surface area contributed by atoms with Gasteiger partial charge in [0.15, 0.2) is 0 Å². The van der Waals surface area contributed by atoms with Crippen molar-refractivity contribution in [1.82, 2.24) is 10.2 Å². The molecule has 0 saturated heterocycles. The molecule has 0 fully saturated rings. The Morgan fingerprint density at radius 2 is 1.66 bits per heavy atom. The van der Waals surface area contributed by atoms with Crippen LogP contribution in [0.1, 0.15) is 78.4 Å². The number of benzene rings is 2. The van der Waals surface area contributed by atoms with Gasteiger partial charge in [-0.05, 0) is 43.4 Å². The van der Waals surface area contributed by atoms with Crippen molar-refractivity contribution >= 4 is 23.4 Å². The van der Waals surface area contributed by atoms with Crippen molar-refractivity contribution in [3.8, 4) is 0 Å². The van der Waals surface area contributed by atoms with E-state index in [1.807, 2.05) is 47.4 Å². The number of unbranched alkanes of at least 4 members (excludes halogenated alkanes) is 2. The summed E-state index contributed by atoms with van der Waals surface area (Å²) in [6.07, 6.45) is 3.52. The van der Waals surface area contributed by atoms with Crippen LogP contribution in [0.4, 0.5) is 5.69 Å². The van der Waals surface area contributed by atoms with Gasteiger partial charge in [-0.25, -0.2) is 0 Å². The zero-order valence-electron chi connectivity index (χ0n) is 18.8. The average molecular weight is 434 g/mol. The molecule has 2 aliphatic rings. The Labute approximate surface area is 189 Å². The minimum Gasteiger partial charge on any atom is -0.356 e. The largest absolute Gasteiger partial charge is 0.356 e. The van der Waals surface area contributed by atoms with Crippen molar-refractivity contribution < 1.29 is 14.4 Å². The lowest BCUT2D eigenvalue weighted by atomic mass is 10.0. The lowest BCUT2D eigenvalue weighted by Gasteiger charge is -2.41. The van der Waals surface area contributed by atoms with E-state index in [9.17, 15) is 14.4 Å². The molecule has 0 spiro atoms. The lowest BCUT2D eigenvalue weighted by Crippen LogP contribution is -2.48. The highest BCUT2D eigenvalue weighted by Crippen LogP contribution is 2.45. The molecular weight excluding hydrogens is 402 g/mol. The molecule has 0 bridgehead atoms. The summed E-state index contributed by atoms with van der Waals surface area (Å²) < 4.78 is 0. The van der Waals surface area contributed by atoms with E-state index in [-0.39, 0.29) is 17.7 Å². The molecule has 6 heteroatoms. The number of hydrogen-bond acceptors (Lipinski definition) is 3. The third kappa shape index (κ3) is 4.27. The molecule has 2 aliphatic heterocycles. The zero-order valence-corrected chi connectivity index (χ0v) is 18.8. The smallest absolute Gasteiger partial charge is 0.260 e. The summed E-state index contributed by atoms with van der Waals surface area (Å²) in [4.78, 5) is 42.1.